The first-order valence-electron chi connectivity index (χ1n) is 6.69. The van der Waals surface area contributed by atoms with Gasteiger partial charge in [0.1, 0.15) is 9.71 Å². The van der Waals surface area contributed by atoms with Crippen LogP contribution in [0.3, 0.4) is 0 Å². The van der Waals surface area contributed by atoms with Crippen molar-refractivity contribution < 1.29 is 4.79 Å². The monoisotopic (exact) mass is 290 g/mol. The molecule has 0 bridgehead atoms. The number of likely N-dealkylation sites (N-methyl/N-ethyl adjacent to an activating group) is 1. The Bertz CT molecular complexity index is 658. The molecule has 2 aromatic heterocycles. The second kappa shape index (κ2) is 5.03. The van der Waals surface area contributed by atoms with Crippen LogP contribution in [0.2, 0.25) is 0 Å². The number of aromatic nitrogens is 1. The molecule has 0 saturated carbocycles. The first-order valence-corrected chi connectivity index (χ1v) is 7.51. The highest BCUT2D eigenvalue weighted by Gasteiger charge is 2.24. The summed E-state index contributed by atoms with van der Waals surface area (Å²) in [4.78, 5) is 22.6. The van der Waals surface area contributed by atoms with E-state index in [2.05, 4.69) is 16.9 Å². The number of nitrogens with two attached hydrogens (primary N) is 1. The van der Waals surface area contributed by atoms with E-state index in [0.717, 1.165) is 42.1 Å². The quantitative estimate of drug-likeness (QED) is 0.866. The molecule has 1 aliphatic rings. The zero-order valence-corrected chi connectivity index (χ0v) is 12.5. The number of rotatable bonds is 1. The van der Waals surface area contributed by atoms with E-state index in [1.54, 1.807) is 0 Å². The van der Waals surface area contributed by atoms with E-state index >= 15 is 0 Å². The van der Waals surface area contributed by atoms with Crippen molar-refractivity contribution in [2.45, 2.75) is 6.92 Å². The highest BCUT2D eigenvalue weighted by molar-refractivity contribution is 7.21. The molecule has 1 fully saturated rings. The summed E-state index contributed by atoms with van der Waals surface area (Å²) in [7, 11) is 2.07. The Morgan fingerprint density at radius 2 is 2.00 bits per heavy atom. The van der Waals surface area contributed by atoms with Crippen molar-refractivity contribution in [3.8, 4) is 0 Å². The van der Waals surface area contributed by atoms with Crippen LogP contribution in [0.25, 0.3) is 10.2 Å². The van der Waals surface area contributed by atoms with Gasteiger partial charge in [-0.15, -0.1) is 11.3 Å². The van der Waals surface area contributed by atoms with Gasteiger partial charge in [-0.3, -0.25) is 4.79 Å². The van der Waals surface area contributed by atoms with Crippen molar-refractivity contribution >= 4 is 33.1 Å². The number of piperazine rings is 1. The van der Waals surface area contributed by atoms with Gasteiger partial charge in [-0.1, -0.05) is 0 Å². The van der Waals surface area contributed by atoms with Gasteiger partial charge in [-0.05, 0) is 26.1 Å². The number of carbonyl (C=O) groups is 1. The highest BCUT2D eigenvalue weighted by Crippen LogP contribution is 2.33. The van der Waals surface area contributed by atoms with Gasteiger partial charge in [0.05, 0.1) is 5.69 Å². The lowest BCUT2D eigenvalue weighted by molar-refractivity contribution is 0.0670. The lowest BCUT2D eigenvalue weighted by Gasteiger charge is -2.32. The number of carbonyl (C=O) groups excluding carboxylic acids is 1. The molecule has 1 amide bonds. The number of thiophene rings is 1. The molecule has 6 heteroatoms. The molecule has 3 rings (SSSR count). The second-order valence-electron chi connectivity index (χ2n) is 5.25. The fraction of sp³-hybridized carbons (Fsp3) is 0.429. The van der Waals surface area contributed by atoms with E-state index < -0.39 is 0 Å². The molecule has 5 nitrogen and oxygen atoms in total. The van der Waals surface area contributed by atoms with Crippen LogP contribution in [0.15, 0.2) is 12.1 Å². The molecule has 0 atom stereocenters. The zero-order chi connectivity index (χ0) is 14.3. The largest absolute Gasteiger partial charge is 0.397 e. The zero-order valence-electron chi connectivity index (χ0n) is 11.7. The van der Waals surface area contributed by atoms with Gasteiger partial charge < -0.3 is 15.5 Å². The Morgan fingerprint density at radius 1 is 1.30 bits per heavy atom. The van der Waals surface area contributed by atoms with Crippen LogP contribution in [0.4, 0.5) is 5.69 Å². The smallest absolute Gasteiger partial charge is 0.266 e. The Hall–Kier alpha value is -1.66. The normalized spacial score (nSPS) is 16.8. The van der Waals surface area contributed by atoms with E-state index in [9.17, 15) is 4.79 Å². The molecule has 0 aromatic carbocycles. The van der Waals surface area contributed by atoms with Gasteiger partial charge in [-0.2, -0.15) is 0 Å². The lowest BCUT2D eigenvalue weighted by Crippen LogP contribution is -2.47. The summed E-state index contributed by atoms with van der Waals surface area (Å²) in [6, 6.07) is 3.87. The first-order chi connectivity index (χ1) is 9.56. The van der Waals surface area contributed by atoms with Crippen LogP contribution in [0.1, 0.15) is 15.4 Å². The molecule has 0 radical (unpaired) electrons. The van der Waals surface area contributed by atoms with Gasteiger partial charge in [0.15, 0.2) is 0 Å². The van der Waals surface area contributed by atoms with Crippen LogP contribution < -0.4 is 5.73 Å². The maximum Gasteiger partial charge on any atom is 0.266 e. The molecule has 3 heterocycles. The van der Waals surface area contributed by atoms with Crippen LogP contribution in [-0.2, 0) is 0 Å². The third-order valence-corrected chi connectivity index (χ3v) is 4.82. The maximum absolute atomic E-state index is 12.6. The molecular weight excluding hydrogens is 272 g/mol. The third-order valence-electron chi connectivity index (χ3n) is 3.72. The molecule has 20 heavy (non-hydrogen) atoms. The van der Waals surface area contributed by atoms with E-state index in [4.69, 9.17) is 5.73 Å². The number of aryl methyl sites for hydroxylation is 1. The second-order valence-corrected chi connectivity index (χ2v) is 6.24. The third kappa shape index (κ3) is 2.25. The first kappa shape index (κ1) is 13.3. The maximum atomic E-state index is 12.6. The van der Waals surface area contributed by atoms with Gasteiger partial charge in [0.2, 0.25) is 0 Å². The summed E-state index contributed by atoms with van der Waals surface area (Å²) in [5.74, 6) is 0.0382. The predicted octanol–water partition coefficient (Wildman–Crippen LogP) is 1.57. The minimum absolute atomic E-state index is 0.0382. The van der Waals surface area contributed by atoms with Gasteiger partial charge in [0.25, 0.3) is 5.91 Å². The fourth-order valence-corrected chi connectivity index (χ4v) is 3.51. The number of nitrogen functional groups attached to an aromatic ring is 1. The molecule has 1 saturated heterocycles. The number of amides is 1. The van der Waals surface area contributed by atoms with Gasteiger partial charge in [0, 0.05) is 37.3 Å². The van der Waals surface area contributed by atoms with Gasteiger partial charge >= 0.3 is 0 Å². The molecule has 2 N–H and O–H groups in total. The summed E-state index contributed by atoms with van der Waals surface area (Å²) in [6.07, 6.45) is 0. The van der Waals surface area contributed by atoms with Crippen molar-refractivity contribution in [3.05, 3.63) is 22.7 Å². The number of hydrogen-bond donors (Lipinski definition) is 1. The minimum Gasteiger partial charge on any atom is -0.397 e. The SMILES string of the molecule is Cc1ccc2c(N)c(C(=O)N3CCN(C)CC3)sc2n1. The van der Waals surface area contributed by atoms with E-state index in [1.165, 1.54) is 11.3 Å². The number of fused-ring (bicyclic) bond motifs is 1. The van der Waals surface area contributed by atoms with Crippen LogP contribution >= 0.6 is 11.3 Å². The summed E-state index contributed by atoms with van der Waals surface area (Å²) in [5, 5.41) is 0.887. The predicted molar refractivity (Wildman–Crippen MR) is 82.2 cm³/mol. The number of nitrogens with zero attached hydrogens (tertiary/aromatic N) is 3. The van der Waals surface area contributed by atoms with E-state index in [1.807, 2.05) is 24.0 Å². The Kier molecular flexibility index (Phi) is 3.35. The van der Waals surface area contributed by atoms with Crippen molar-refractivity contribution in [1.82, 2.24) is 14.8 Å². The Balaban J connectivity index is 1.93. The average molecular weight is 290 g/mol. The summed E-state index contributed by atoms with van der Waals surface area (Å²) >= 11 is 1.40. The number of hydrogen-bond acceptors (Lipinski definition) is 5. The van der Waals surface area contributed by atoms with Crippen LogP contribution in [-0.4, -0.2) is 53.9 Å². The lowest BCUT2D eigenvalue weighted by atomic mass is 10.2. The van der Waals surface area contributed by atoms with Crippen LogP contribution in [0, 0.1) is 6.92 Å². The van der Waals surface area contributed by atoms with Gasteiger partial charge in [-0.25, -0.2) is 4.98 Å². The molecule has 0 unspecified atom stereocenters. The molecule has 106 valence electrons. The Morgan fingerprint density at radius 3 is 2.70 bits per heavy atom. The van der Waals surface area contributed by atoms with Crippen molar-refractivity contribution in [1.29, 1.82) is 0 Å². The molecule has 0 spiro atoms. The molecule has 1 aliphatic heterocycles. The highest BCUT2D eigenvalue weighted by atomic mass is 32.1. The van der Waals surface area contributed by atoms with Crippen LogP contribution in [0.5, 0.6) is 0 Å². The molecular formula is C14H18N4OS. The van der Waals surface area contributed by atoms with Crippen molar-refractivity contribution in [2.75, 3.05) is 39.0 Å². The molecule has 2 aromatic rings. The minimum atomic E-state index is 0.0382. The molecule has 0 aliphatic carbocycles. The van der Waals surface area contributed by atoms with E-state index in [0.29, 0.717) is 10.6 Å². The fourth-order valence-electron chi connectivity index (χ4n) is 2.40. The number of pyridine rings is 1. The standard InChI is InChI=1S/C14H18N4OS/c1-9-3-4-10-11(15)12(20-13(10)16-9)14(19)18-7-5-17(2)6-8-18/h3-4H,5-8,15H2,1-2H3. The average Bonchev–Trinajstić information content (AvgIpc) is 2.75. The van der Waals surface area contributed by atoms with Crippen molar-refractivity contribution in [2.24, 2.45) is 0 Å². The number of anilines is 1. The summed E-state index contributed by atoms with van der Waals surface area (Å²) < 4.78 is 0. The van der Waals surface area contributed by atoms with Crippen molar-refractivity contribution in [3.63, 3.8) is 0 Å². The summed E-state index contributed by atoms with van der Waals surface area (Å²) in [6.45, 7) is 5.28. The topological polar surface area (TPSA) is 62.5 Å². The summed E-state index contributed by atoms with van der Waals surface area (Å²) in [5.41, 5.74) is 7.65. The Labute approximate surface area is 122 Å². The van der Waals surface area contributed by atoms with E-state index in [-0.39, 0.29) is 5.91 Å².